The number of fused-ring (bicyclic) bond motifs is 1. The van der Waals surface area contributed by atoms with Crippen LogP contribution in [0.5, 0.6) is 5.75 Å². The number of carbonyl (C=O) groups is 1. The van der Waals surface area contributed by atoms with Gasteiger partial charge in [-0.3, -0.25) is 5.32 Å². The van der Waals surface area contributed by atoms with Gasteiger partial charge in [0.25, 0.3) is 0 Å². The second-order valence-corrected chi connectivity index (χ2v) is 3.72. The van der Waals surface area contributed by atoms with E-state index in [0.717, 1.165) is 5.56 Å². The Morgan fingerprint density at radius 1 is 1.43 bits per heavy atom. The van der Waals surface area contributed by atoms with Gasteiger partial charge in [0.1, 0.15) is 11.4 Å². The molecule has 0 aromatic heterocycles. The summed E-state index contributed by atoms with van der Waals surface area (Å²) in [6, 6.07) is 5.06. The number of para-hydroxylation sites is 1. The van der Waals surface area contributed by atoms with Crippen molar-refractivity contribution in [2.45, 2.75) is 19.4 Å². The van der Waals surface area contributed by atoms with Crippen molar-refractivity contribution in [2.24, 2.45) is 0 Å². The predicted octanol–water partition coefficient (Wildman–Crippen LogP) is 2.19. The number of aromatic hydroxyl groups is 1. The predicted molar refractivity (Wildman–Crippen MR) is 51.2 cm³/mol. The Hall–Kier alpha value is -1.71. The molecule has 0 aliphatic carbocycles. The first-order valence-corrected chi connectivity index (χ1v) is 4.33. The van der Waals surface area contributed by atoms with Gasteiger partial charge in [-0.2, -0.15) is 0 Å². The first-order valence-electron chi connectivity index (χ1n) is 4.33. The van der Waals surface area contributed by atoms with Crippen molar-refractivity contribution < 1.29 is 14.6 Å². The summed E-state index contributed by atoms with van der Waals surface area (Å²) >= 11 is 0. The molecule has 2 N–H and O–H groups in total. The van der Waals surface area contributed by atoms with Gasteiger partial charge in [0.05, 0.1) is 5.69 Å². The number of phenols is 1. The highest BCUT2D eigenvalue weighted by molar-refractivity contribution is 5.90. The number of carbonyl (C=O) groups excluding carboxylic acids is 1. The summed E-state index contributed by atoms with van der Waals surface area (Å²) in [7, 11) is 0. The van der Waals surface area contributed by atoms with Crippen LogP contribution in [0, 0.1) is 0 Å². The molecule has 1 heterocycles. The van der Waals surface area contributed by atoms with Crippen LogP contribution in [0.3, 0.4) is 0 Å². The van der Waals surface area contributed by atoms with Crippen LogP contribution in [0.1, 0.15) is 19.4 Å². The molecule has 0 radical (unpaired) electrons. The fourth-order valence-corrected chi connectivity index (χ4v) is 1.59. The Balaban J connectivity index is 2.63. The quantitative estimate of drug-likeness (QED) is 0.621. The fraction of sp³-hybridized carbons (Fsp3) is 0.300. The second kappa shape index (κ2) is 2.64. The van der Waals surface area contributed by atoms with E-state index in [1.54, 1.807) is 19.9 Å². The zero-order chi connectivity index (χ0) is 10.3. The maximum atomic E-state index is 11.1. The third kappa shape index (κ3) is 1.19. The maximum absolute atomic E-state index is 11.1. The number of hydrogen-bond acceptors (Lipinski definition) is 3. The SMILES string of the molecule is CC1(C)OC(=O)Nc2c(O)cccc21. The number of ether oxygens (including phenoxy) is 1. The molecule has 1 aromatic carbocycles. The lowest BCUT2D eigenvalue weighted by Crippen LogP contribution is -2.34. The van der Waals surface area contributed by atoms with E-state index >= 15 is 0 Å². The number of phenolic OH excluding ortho intramolecular Hbond substituents is 1. The Morgan fingerprint density at radius 2 is 2.14 bits per heavy atom. The van der Waals surface area contributed by atoms with Crippen LogP contribution < -0.4 is 5.32 Å². The van der Waals surface area contributed by atoms with E-state index in [1.165, 1.54) is 6.07 Å². The lowest BCUT2D eigenvalue weighted by molar-refractivity contribution is 0.0417. The lowest BCUT2D eigenvalue weighted by Gasteiger charge is -2.32. The fourth-order valence-electron chi connectivity index (χ4n) is 1.59. The zero-order valence-electron chi connectivity index (χ0n) is 8.00. The molecule has 4 nitrogen and oxygen atoms in total. The summed E-state index contributed by atoms with van der Waals surface area (Å²) in [6.07, 6.45) is -0.538. The maximum Gasteiger partial charge on any atom is 0.412 e. The van der Waals surface area contributed by atoms with Crippen molar-refractivity contribution in [1.29, 1.82) is 0 Å². The summed E-state index contributed by atoms with van der Waals surface area (Å²) in [4.78, 5) is 11.1. The molecule has 0 saturated carbocycles. The molecule has 4 heteroatoms. The van der Waals surface area contributed by atoms with Crippen molar-refractivity contribution in [3.05, 3.63) is 23.8 Å². The molecule has 0 bridgehead atoms. The molecule has 0 atom stereocenters. The van der Waals surface area contributed by atoms with Crippen LogP contribution in [-0.2, 0) is 10.3 Å². The van der Waals surface area contributed by atoms with E-state index in [9.17, 15) is 9.90 Å². The van der Waals surface area contributed by atoms with Gasteiger partial charge < -0.3 is 9.84 Å². The highest BCUT2D eigenvalue weighted by Crippen LogP contribution is 2.39. The molecule has 2 rings (SSSR count). The van der Waals surface area contributed by atoms with E-state index in [2.05, 4.69) is 5.32 Å². The van der Waals surface area contributed by atoms with Gasteiger partial charge in [0.15, 0.2) is 0 Å². The van der Waals surface area contributed by atoms with E-state index < -0.39 is 11.7 Å². The van der Waals surface area contributed by atoms with Crippen molar-refractivity contribution in [1.82, 2.24) is 0 Å². The summed E-state index contributed by atoms with van der Waals surface area (Å²) in [5.74, 6) is 0.0622. The Bertz CT molecular complexity index is 398. The van der Waals surface area contributed by atoms with Gasteiger partial charge in [0, 0.05) is 5.56 Å². The monoisotopic (exact) mass is 193 g/mol. The number of cyclic esters (lactones) is 1. The van der Waals surface area contributed by atoms with Crippen LogP contribution in [0.4, 0.5) is 10.5 Å². The largest absolute Gasteiger partial charge is 0.506 e. The number of nitrogens with one attached hydrogen (secondary N) is 1. The van der Waals surface area contributed by atoms with Gasteiger partial charge in [-0.1, -0.05) is 12.1 Å². The first kappa shape index (κ1) is 8.87. The van der Waals surface area contributed by atoms with Crippen LogP contribution in [0.2, 0.25) is 0 Å². The van der Waals surface area contributed by atoms with Gasteiger partial charge in [-0.05, 0) is 19.9 Å². The minimum absolute atomic E-state index is 0.0622. The van der Waals surface area contributed by atoms with E-state index in [1.807, 2.05) is 6.07 Å². The van der Waals surface area contributed by atoms with Crippen molar-refractivity contribution >= 4 is 11.8 Å². The molecule has 0 fully saturated rings. The summed E-state index contributed by atoms with van der Waals surface area (Å²) in [5.41, 5.74) is 0.516. The van der Waals surface area contributed by atoms with Crippen LogP contribution >= 0.6 is 0 Å². The van der Waals surface area contributed by atoms with E-state index in [-0.39, 0.29) is 5.75 Å². The molecule has 0 unspecified atom stereocenters. The number of benzene rings is 1. The third-order valence-electron chi connectivity index (χ3n) is 2.27. The smallest absolute Gasteiger partial charge is 0.412 e. The molecule has 1 amide bonds. The van der Waals surface area contributed by atoms with E-state index in [0.29, 0.717) is 5.69 Å². The van der Waals surface area contributed by atoms with Crippen LogP contribution in [0.25, 0.3) is 0 Å². The van der Waals surface area contributed by atoms with Crippen LogP contribution in [0.15, 0.2) is 18.2 Å². The summed E-state index contributed by atoms with van der Waals surface area (Å²) in [5, 5.41) is 12.0. The summed E-state index contributed by atoms with van der Waals surface area (Å²) < 4.78 is 5.09. The number of anilines is 1. The lowest BCUT2D eigenvalue weighted by atomic mass is 9.94. The Labute approximate surface area is 81.5 Å². The number of rotatable bonds is 0. The Kier molecular flexibility index (Phi) is 1.67. The molecule has 0 spiro atoms. The average Bonchev–Trinajstić information content (AvgIpc) is 2.05. The minimum atomic E-state index is -0.698. The molecule has 1 aromatic rings. The van der Waals surface area contributed by atoms with Crippen LogP contribution in [-0.4, -0.2) is 11.2 Å². The van der Waals surface area contributed by atoms with E-state index in [4.69, 9.17) is 4.74 Å². The molecular weight excluding hydrogens is 182 g/mol. The normalized spacial score (nSPS) is 18.0. The molecule has 1 aliphatic rings. The highest BCUT2D eigenvalue weighted by atomic mass is 16.6. The molecule has 74 valence electrons. The minimum Gasteiger partial charge on any atom is -0.506 e. The summed E-state index contributed by atoms with van der Waals surface area (Å²) in [6.45, 7) is 3.56. The number of hydrogen-bond donors (Lipinski definition) is 2. The highest BCUT2D eigenvalue weighted by Gasteiger charge is 2.34. The van der Waals surface area contributed by atoms with Gasteiger partial charge in [0.2, 0.25) is 0 Å². The second-order valence-electron chi connectivity index (χ2n) is 3.72. The molecule has 1 aliphatic heterocycles. The molecular formula is C10H11NO3. The molecule has 0 saturated heterocycles. The first-order chi connectivity index (χ1) is 6.50. The van der Waals surface area contributed by atoms with Crippen molar-refractivity contribution in [3.8, 4) is 5.75 Å². The van der Waals surface area contributed by atoms with Crippen molar-refractivity contribution in [3.63, 3.8) is 0 Å². The van der Waals surface area contributed by atoms with Gasteiger partial charge in [-0.15, -0.1) is 0 Å². The van der Waals surface area contributed by atoms with Crippen molar-refractivity contribution in [2.75, 3.05) is 5.32 Å². The molecule has 14 heavy (non-hydrogen) atoms. The Morgan fingerprint density at radius 3 is 2.86 bits per heavy atom. The average molecular weight is 193 g/mol. The number of amides is 1. The topological polar surface area (TPSA) is 58.6 Å². The third-order valence-corrected chi connectivity index (χ3v) is 2.27. The van der Waals surface area contributed by atoms with Gasteiger partial charge >= 0.3 is 6.09 Å². The standard InChI is InChI=1S/C10H11NO3/c1-10(2)6-4-3-5-7(12)8(6)11-9(13)14-10/h3-5,12H,1-2H3,(H,11,13). The zero-order valence-corrected chi connectivity index (χ0v) is 8.00. The van der Waals surface area contributed by atoms with Gasteiger partial charge in [-0.25, -0.2) is 4.79 Å².